The minimum absolute atomic E-state index is 0.100. The summed E-state index contributed by atoms with van der Waals surface area (Å²) in [6.07, 6.45) is 3.29. The van der Waals surface area contributed by atoms with Crippen LogP contribution in [0.1, 0.15) is 58.9 Å². The van der Waals surface area contributed by atoms with Crippen LogP contribution >= 0.6 is 0 Å². The van der Waals surface area contributed by atoms with Gasteiger partial charge in [-0.1, -0.05) is 43.7 Å². The molecule has 1 aliphatic heterocycles. The van der Waals surface area contributed by atoms with Crippen molar-refractivity contribution in [2.24, 2.45) is 0 Å². The van der Waals surface area contributed by atoms with Crippen LogP contribution < -0.4 is 0 Å². The van der Waals surface area contributed by atoms with Gasteiger partial charge in [0.05, 0.1) is 11.2 Å². The highest BCUT2D eigenvalue weighted by Crippen LogP contribution is 2.40. The van der Waals surface area contributed by atoms with Gasteiger partial charge in [-0.15, -0.1) is 0 Å². The fraction of sp³-hybridized carbons (Fsp3) is 0.647. The molecule has 1 atom stereocenters. The Labute approximate surface area is 124 Å². The van der Waals surface area contributed by atoms with Crippen molar-refractivity contribution in [1.29, 1.82) is 0 Å². The molecule has 0 aliphatic carbocycles. The lowest BCUT2D eigenvalue weighted by atomic mass is 9.73. The number of hydrogen-bond acceptors (Lipinski definition) is 2. The van der Waals surface area contributed by atoms with Crippen LogP contribution in [-0.4, -0.2) is 18.3 Å². The molecule has 1 unspecified atom stereocenters. The number of rotatable bonds is 5. The monoisotopic (exact) mass is 274 g/mol. The lowest BCUT2D eigenvalue weighted by Crippen LogP contribution is -2.41. The van der Waals surface area contributed by atoms with E-state index < -0.39 is 0 Å². The van der Waals surface area contributed by atoms with E-state index in [1.807, 2.05) is 0 Å². The molecule has 0 radical (unpaired) electrons. The second-order valence-electron chi connectivity index (χ2n) is 6.82. The van der Waals surface area contributed by atoms with Crippen LogP contribution in [-0.2, 0) is 9.31 Å². The molecular weight excluding hydrogens is 247 g/mol. The highest BCUT2D eigenvalue weighted by atomic mass is 16.7. The molecule has 0 aromatic heterocycles. The number of benzene rings is 1. The van der Waals surface area contributed by atoms with Crippen LogP contribution in [0.15, 0.2) is 30.3 Å². The molecule has 1 aromatic carbocycles. The van der Waals surface area contributed by atoms with Crippen molar-refractivity contribution in [3.63, 3.8) is 0 Å². The average Bonchev–Trinajstić information content (AvgIpc) is 2.58. The lowest BCUT2D eigenvalue weighted by molar-refractivity contribution is 0.00578. The van der Waals surface area contributed by atoms with Gasteiger partial charge in [-0.25, -0.2) is 0 Å². The summed E-state index contributed by atoms with van der Waals surface area (Å²) in [4.78, 5) is 0. The molecule has 2 nitrogen and oxygen atoms in total. The minimum Gasteiger partial charge on any atom is -0.403 e. The highest BCUT2D eigenvalue weighted by Gasteiger charge is 2.51. The van der Waals surface area contributed by atoms with Crippen LogP contribution in [0.2, 0.25) is 6.32 Å². The third-order valence-electron chi connectivity index (χ3n) is 4.69. The Morgan fingerprint density at radius 3 is 2.05 bits per heavy atom. The molecule has 2 rings (SSSR count). The van der Waals surface area contributed by atoms with E-state index in [1.54, 1.807) is 0 Å². The Bertz CT molecular complexity index is 412. The van der Waals surface area contributed by atoms with Crippen LogP contribution in [0.4, 0.5) is 0 Å². The van der Waals surface area contributed by atoms with Crippen molar-refractivity contribution in [1.82, 2.24) is 0 Å². The van der Waals surface area contributed by atoms with Gasteiger partial charge in [0.2, 0.25) is 0 Å². The Morgan fingerprint density at radius 1 is 1.00 bits per heavy atom. The molecule has 0 amide bonds. The predicted octanol–water partition coefficient (Wildman–Crippen LogP) is 4.66. The van der Waals surface area contributed by atoms with Crippen molar-refractivity contribution in [3.8, 4) is 0 Å². The molecule has 0 bridgehead atoms. The third-order valence-corrected chi connectivity index (χ3v) is 4.69. The first-order valence-corrected chi connectivity index (χ1v) is 7.76. The van der Waals surface area contributed by atoms with Crippen LogP contribution in [0, 0.1) is 0 Å². The van der Waals surface area contributed by atoms with Gasteiger partial charge < -0.3 is 9.31 Å². The van der Waals surface area contributed by atoms with E-state index in [0.29, 0.717) is 5.92 Å². The van der Waals surface area contributed by atoms with E-state index in [4.69, 9.17) is 9.31 Å². The minimum atomic E-state index is -0.231. The Hall–Kier alpha value is -0.795. The summed E-state index contributed by atoms with van der Waals surface area (Å²) in [7, 11) is -0.100. The van der Waals surface area contributed by atoms with Crippen molar-refractivity contribution < 1.29 is 9.31 Å². The largest absolute Gasteiger partial charge is 0.458 e. The van der Waals surface area contributed by atoms with Crippen molar-refractivity contribution in [3.05, 3.63) is 35.9 Å². The van der Waals surface area contributed by atoms with Gasteiger partial charge in [0.25, 0.3) is 0 Å². The summed E-state index contributed by atoms with van der Waals surface area (Å²) >= 11 is 0. The summed E-state index contributed by atoms with van der Waals surface area (Å²) in [6, 6.07) is 10.7. The van der Waals surface area contributed by atoms with Crippen LogP contribution in [0.3, 0.4) is 0 Å². The van der Waals surface area contributed by atoms with E-state index in [0.717, 1.165) is 6.32 Å². The van der Waals surface area contributed by atoms with E-state index >= 15 is 0 Å². The standard InChI is InChI=1S/C17H27BO2/c1-6-10-15(14-11-8-7-9-12-14)13-18-19-16(2,3)17(4,5)20-18/h7-9,11-12,15H,6,10,13H2,1-5H3. The predicted molar refractivity (Wildman–Crippen MR) is 85.0 cm³/mol. The van der Waals surface area contributed by atoms with Crippen molar-refractivity contribution in [2.75, 3.05) is 0 Å². The smallest absolute Gasteiger partial charge is 0.403 e. The topological polar surface area (TPSA) is 18.5 Å². The quantitative estimate of drug-likeness (QED) is 0.727. The van der Waals surface area contributed by atoms with Crippen LogP contribution in [0.25, 0.3) is 0 Å². The van der Waals surface area contributed by atoms with Gasteiger partial charge in [0.15, 0.2) is 0 Å². The Morgan fingerprint density at radius 2 is 1.55 bits per heavy atom. The molecule has 0 N–H and O–H groups in total. The van der Waals surface area contributed by atoms with Crippen LogP contribution in [0.5, 0.6) is 0 Å². The first kappa shape index (κ1) is 15.6. The fourth-order valence-electron chi connectivity index (χ4n) is 2.79. The van der Waals surface area contributed by atoms with Gasteiger partial charge in [0.1, 0.15) is 0 Å². The maximum atomic E-state index is 6.14. The first-order chi connectivity index (χ1) is 9.36. The Balaban J connectivity index is 2.07. The maximum absolute atomic E-state index is 6.14. The fourth-order valence-corrected chi connectivity index (χ4v) is 2.79. The van der Waals surface area contributed by atoms with Gasteiger partial charge in [0, 0.05) is 0 Å². The zero-order valence-corrected chi connectivity index (χ0v) is 13.5. The van der Waals surface area contributed by atoms with E-state index in [1.165, 1.54) is 18.4 Å². The third kappa shape index (κ3) is 3.26. The molecule has 110 valence electrons. The van der Waals surface area contributed by atoms with Gasteiger partial charge >= 0.3 is 7.12 Å². The summed E-state index contributed by atoms with van der Waals surface area (Å²) in [5.41, 5.74) is 0.931. The van der Waals surface area contributed by atoms with Crippen molar-refractivity contribution in [2.45, 2.75) is 70.9 Å². The molecular formula is C17H27BO2. The average molecular weight is 274 g/mol. The Kier molecular flexibility index (Phi) is 4.60. The van der Waals surface area contributed by atoms with E-state index in [-0.39, 0.29) is 18.3 Å². The molecule has 1 aromatic rings. The van der Waals surface area contributed by atoms with E-state index in [2.05, 4.69) is 65.0 Å². The molecule has 0 saturated carbocycles. The number of hydrogen-bond donors (Lipinski definition) is 0. The summed E-state index contributed by atoms with van der Waals surface area (Å²) < 4.78 is 12.3. The zero-order chi connectivity index (χ0) is 14.8. The second-order valence-corrected chi connectivity index (χ2v) is 6.82. The second kappa shape index (κ2) is 5.91. The molecule has 1 aliphatic rings. The summed E-state index contributed by atoms with van der Waals surface area (Å²) in [5.74, 6) is 0.510. The lowest BCUT2D eigenvalue weighted by Gasteiger charge is -2.32. The highest BCUT2D eigenvalue weighted by molar-refractivity contribution is 6.45. The maximum Gasteiger partial charge on any atom is 0.458 e. The first-order valence-electron chi connectivity index (χ1n) is 7.76. The summed E-state index contributed by atoms with van der Waals surface area (Å²) in [5, 5.41) is 0. The SMILES string of the molecule is CCCC(CB1OC(C)(C)C(C)(C)O1)c1ccccc1. The molecule has 1 fully saturated rings. The van der Waals surface area contributed by atoms with Crippen molar-refractivity contribution >= 4 is 7.12 Å². The van der Waals surface area contributed by atoms with E-state index in [9.17, 15) is 0 Å². The van der Waals surface area contributed by atoms with Gasteiger partial charge in [-0.05, 0) is 51.9 Å². The molecule has 0 spiro atoms. The molecule has 20 heavy (non-hydrogen) atoms. The molecule has 1 saturated heterocycles. The zero-order valence-electron chi connectivity index (χ0n) is 13.5. The molecule has 1 heterocycles. The van der Waals surface area contributed by atoms with Gasteiger partial charge in [-0.2, -0.15) is 0 Å². The normalized spacial score (nSPS) is 21.9. The summed E-state index contributed by atoms with van der Waals surface area (Å²) in [6.45, 7) is 10.7. The van der Waals surface area contributed by atoms with Gasteiger partial charge in [-0.3, -0.25) is 0 Å². The molecule has 3 heteroatoms.